The summed E-state index contributed by atoms with van der Waals surface area (Å²) >= 11 is 0. The van der Waals surface area contributed by atoms with Crippen molar-refractivity contribution in [2.24, 2.45) is 0 Å². The second kappa shape index (κ2) is 8.08. The Labute approximate surface area is 174 Å². The van der Waals surface area contributed by atoms with Gasteiger partial charge in [0.05, 0.1) is 4.90 Å². The van der Waals surface area contributed by atoms with Gasteiger partial charge in [0.1, 0.15) is 5.82 Å². The van der Waals surface area contributed by atoms with Gasteiger partial charge in [-0.3, -0.25) is 9.59 Å². The zero-order valence-electron chi connectivity index (χ0n) is 15.9. The average Bonchev–Trinajstić information content (AvgIpc) is 3.18. The molecule has 1 unspecified atom stereocenters. The Morgan fingerprint density at radius 1 is 1.00 bits per heavy atom. The van der Waals surface area contributed by atoms with E-state index >= 15 is 0 Å². The lowest BCUT2D eigenvalue weighted by molar-refractivity contribution is -0.123. The summed E-state index contributed by atoms with van der Waals surface area (Å²) in [5.41, 5.74) is 1.08. The fraction of sp³-hybridized carbons (Fsp3) is 0.136. The molecule has 1 saturated heterocycles. The van der Waals surface area contributed by atoms with E-state index in [4.69, 9.17) is 0 Å². The topological polar surface area (TPSA) is 96.4 Å². The average molecular weight is 421 g/mol. The Bertz CT molecular complexity index is 1180. The third-order valence-electron chi connectivity index (χ3n) is 4.95. The molecule has 0 aliphatic carbocycles. The number of pyridine rings is 1. The fourth-order valence-corrected chi connectivity index (χ4v) is 4.91. The molecule has 8 heteroatoms. The molecule has 0 radical (unpaired) electrons. The molecule has 30 heavy (non-hydrogen) atoms. The summed E-state index contributed by atoms with van der Waals surface area (Å²) in [6.45, 7) is 0.0789. The van der Waals surface area contributed by atoms with Crippen LogP contribution in [0.5, 0.6) is 0 Å². The molecule has 2 amide bonds. The molecule has 2 heterocycles. The molecule has 1 aliphatic rings. The second-order valence-corrected chi connectivity index (χ2v) is 8.80. The highest BCUT2D eigenvalue weighted by molar-refractivity contribution is 7.89. The summed E-state index contributed by atoms with van der Waals surface area (Å²) in [5.74, 6) is -0.770. The van der Waals surface area contributed by atoms with Gasteiger partial charge in [-0.05, 0) is 35.9 Å². The number of sulfonamides is 1. The number of amides is 2. The number of rotatable bonds is 5. The number of aromatic nitrogens is 1. The zero-order chi connectivity index (χ0) is 21.1. The number of hydrogen-bond donors (Lipinski definition) is 1. The predicted molar refractivity (Wildman–Crippen MR) is 111 cm³/mol. The van der Waals surface area contributed by atoms with Gasteiger partial charge in [-0.2, -0.15) is 0 Å². The first-order chi connectivity index (χ1) is 14.4. The molecule has 4 rings (SSSR count). The van der Waals surface area contributed by atoms with E-state index in [2.05, 4.69) is 10.3 Å². The Balaban J connectivity index is 1.57. The summed E-state index contributed by atoms with van der Waals surface area (Å²) in [6, 6.07) is 20.1. The van der Waals surface area contributed by atoms with Gasteiger partial charge < -0.3 is 5.32 Å². The highest BCUT2D eigenvalue weighted by Gasteiger charge is 2.39. The summed E-state index contributed by atoms with van der Waals surface area (Å²) in [7, 11) is -4.07. The SMILES string of the molecule is O=C(Nc1ccccn1)c1cccc(S(=O)(=O)N2CC(c3ccccc3)CC2=O)c1. The molecule has 152 valence electrons. The highest BCUT2D eigenvalue weighted by Crippen LogP contribution is 2.32. The van der Waals surface area contributed by atoms with E-state index in [0.717, 1.165) is 9.87 Å². The van der Waals surface area contributed by atoms with Crippen molar-refractivity contribution < 1.29 is 18.0 Å². The van der Waals surface area contributed by atoms with E-state index in [1.54, 1.807) is 24.4 Å². The Morgan fingerprint density at radius 3 is 2.50 bits per heavy atom. The number of anilines is 1. The number of hydrogen-bond acceptors (Lipinski definition) is 5. The third kappa shape index (κ3) is 3.95. The monoisotopic (exact) mass is 421 g/mol. The van der Waals surface area contributed by atoms with Crippen LogP contribution in [0, 0.1) is 0 Å². The lowest BCUT2D eigenvalue weighted by Gasteiger charge is -2.17. The van der Waals surface area contributed by atoms with Crippen molar-refractivity contribution in [3.05, 3.63) is 90.1 Å². The van der Waals surface area contributed by atoms with Gasteiger partial charge in [0.15, 0.2) is 0 Å². The third-order valence-corrected chi connectivity index (χ3v) is 6.73. The minimum Gasteiger partial charge on any atom is -0.307 e. The number of nitrogens with zero attached hydrogens (tertiary/aromatic N) is 2. The van der Waals surface area contributed by atoms with Crippen LogP contribution in [0.4, 0.5) is 5.82 Å². The van der Waals surface area contributed by atoms with E-state index in [1.807, 2.05) is 30.3 Å². The van der Waals surface area contributed by atoms with Gasteiger partial charge in [-0.1, -0.05) is 42.5 Å². The van der Waals surface area contributed by atoms with Crippen molar-refractivity contribution >= 4 is 27.7 Å². The van der Waals surface area contributed by atoms with Crippen LogP contribution >= 0.6 is 0 Å². The lowest BCUT2D eigenvalue weighted by Crippen LogP contribution is -2.32. The number of benzene rings is 2. The van der Waals surface area contributed by atoms with Gasteiger partial charge >= 0.3 is 0 Å². The first kappa shape index (κ1) is 19.8. The molecule has 7 nitrogen and oxygen atoms in total. The van der Waals surface area contributed by atoms with E-state index in [-0.39, 0.29) is 29.3 Å². The van der Waals surface area contributed by atoms with Crippen LogP contribution in [0.2, 0.25) is 0 Å². The first-order valence-electron chi connectivity index (χ1n) is 9.38. The molecule has 1 fully saturated rings. The summed E-state index contributed by atoms with van der Waals surface area (Å²) in [6.07, 6.45) is 1.67. The molecule has 1 N–H and O–H groups in total. The molecule has 0 saturated carbocycles. The number of nitrogens with one attached hydrogen (secondary N) is 1. The molecular formula is C22H19N3O4S. The van der Waals surface area contributed by atoms with Crippen LogP contribution in [-0.4, -0.2) is 36.1 Å². The zero-order valence-corrected chi connectivity index (χ0v) is 16.7. The maximum Gasteiger partial charge on any atom is 0.266 e. The molecule has 3 aromatic rings. The van der Waals surface area contributed by atoms with Crippen molar-refractivity contribution in [3.63, 3.8) is 0 Å². The number of carbonyl (C=O) groups is 2. The molecular weight excluding hydrogens is 402 g/mol. The van der Waals surface area contributed by atoms with E-state index in [0.29, 0.717) is 5.82 Å². The Morgan fingerprint density at radius 2 is 1.77 bits per heavy atom. The molecule has 0 bridgehead atoms. The van der Waals surface area contributed by atoms with Crippen LogP contribution in [0.15, 0.2) is 83.9 Å². The van der Waals surface area contributed by atoms with Gasteiger partial charge in [0.2, 0.25) is 5.91 Å². The first-order valence-corrected chi connectivity index (χ1v) is 10.8. The number of carbonyl (C=O) groups excluding carboxylic acids is 2. The van der Waals surface area contributed by atoms with E-state index in [1.165, 1.54) is 24.3 Å². The summed E-state index contributed by atoms with van der Waals surface area (Å²) < 4.78 is 27.1. The van der Waals surface area contributed by atoms with Gasteiger partial charge in [-0.25, -0.2) is 17.7 Å². The second-order valence-electron chi connectivity index (χ2n) is 6.94. The minimum absolute atomic E-state index is 0.0789. The quantitative estimate of drug-likeness (QED) is 0.683. The van der Waals surface area contributed by atoms with E-state index in [9.17, 15) is 18.0 Å². The van der Waals surface area contributed by atoms with Crippen LogP contribution in [0.25, 0.3) is 0 Å². The van der Waals surface area contributed by atoms with Crippen LogP contribution in [0.3, 0.4) is 0 Å². The van der Waals surface area contributed by atoms with Gasteiger partial charge in [0.25, 0.3) is 15.9 Å². The van der Waals surface area contributed by atoms with Crippen LogP contribution in [0.1, 0.15) is 28.3 Å². The van der Waals surface area contributed by atoms with Crippen molar-refractivity contribution in [2.75, 3.05) is 11.9 Å². The van der Waals surface area contributed by atoms with Crippen molar-refractivity contribution in [1.29, 1.82) is 0 Å². The molecule has 1 aromatic heterocycles. The lowest BCUT2D eigenvalue weighted by atomic mass is 9.99. The summed E-state index contributed by atoms with van der Waals surface area (Å²) in [4.78, 5) is 28.9. The fourth-order valence-electron chi connectivity index (χ4n) is 3.41. The molecule has 0 spiro atoms. The van der Waals surface area contributed by atoms with E-state index < -0.39 is 21.8 Å². The maximum atomic E-state index is 13.1. The largest absolute Gasteiger partial charge is 0.307 e. The molecule has 1 aliphatic heterocycles. The Hall–Kier alpha value is -3.52. The van der Waals surface area contributed by atoms with Crippen molar-refractivity contribution in [2.45, 2.75) is 17.2 Å². The minimum atomic E-state index is -4.07. The maximum absolute atomic E-state index is 13.1. The normalized spacial score (nSPS) is 16.5. The highest BCUT2D eigenvalue weighted by atomic mass is 32.2. The van der Waals surface area contributed by atoms with Gasteiger partial charge in [0, 0.05) is 30.6 Å². The predicted octanol–water partition coefficient (Wildman–Crippen LogP) is 3.04. The molecule has 2 aromatic carbocycles. The summed E-state index contributed by atoms with van der Waals surface area (Å²) in [5, 5.41) is 2.62. The standard InChI is InChI=1S/C22H19N3O4S/c26-21-14-18(16-7-2-1-3-8-16)15-25(21)30(28,29)19-10-6-9-17(13-19)22(27)24-20-11-4-5-12-23-20/h1-13,18H,14-15H2,(H,23,24,27). The van der Waals surface area contributed by atoms with Crippen LogP contribution < -0.4 is 5.32 Å². The molecule has 1 atom stereocenters. The smallest absolute Gasteiger partial charge is 0.266 e. The van der Waals surface area contributed by atoms with Crippen LogP contribution in [-0.2, 0) is 14.8 Å². The van der Waals surface area contributed by atoms with Gasteiger partial charge in [-0.15, -0.1) is 0 Å². The van der Waals surface area contributed by atoms with Crippen molar-refractivity contribution in [1.82, 2.24) is 9.29 Å². The van der Waals surface area contributed by atoms with Crippen molar-refractivity contribution in [3.8, 4) is 0 Å². The Kier molecular flexibility index (Phi) is 5.33.